The lowest BCUT2D eigenvalue weighted by molar-refractivity contribution is -0.137. The van der Waals surface area contributed by atoms with Crippen molar-refractivity contribution >= 4 is 16.2 Å². The van der Waals surface area contributed by atoms with E-state index in [1.165, 1.54) is 0 Å². The summed E-state index contributed by atoms with van der Waals surface area (Å²) < 4.78 is 22.7. The monoisotopic (exact) mass is 196 g/mol. The third-order valence-electron chi connectivity index (χ3n) is 1.16. The van der Waals surface area contributed by atoms with Gasteiger partial charge in [-0.25, -0.2) is 9.86 Å². The molecule has 72 valence electrons. The molecule has 0 fully saturated rings. The van der Waals surface area contributed by atoms with Crippen LogP contribution >= 0.6 is 0 Å². The molecule has 0 radical (unpaired) electrons. The number of hydrogen-bond acceptors (Lipinski definition) is 3. The van der Waals surface area contributed by atoms with Gasteiger partial charge in [0.2, 0.25) is 0 Å². The lowest BCUT2D eigenvalue weighted by Gasteiger charge is -2.07. The molecule has 0 aliphatic carbocycles. The maximum atomic E-state index is 10.3. The van der Waals surface area contributed by atoms with E-state index in [4.69, 9.17) is 5.11 Å². The molecular weight excluding hydrogens is 184 g/mol. The van der Waals surface area contributed by atoms with E-state index in [1.54, 1.807) is 6.92 Å². The van der Waals surface area contributed by atoms with Gasteiger partial charge in [0.25, 0.3) is 10.2 Å². The third kappa shape index (κ3) is 7.45. The van der Waals surface area contributed by atoms with Gasteiger partial charge in [0.15, 0.2) is 0 Å². The maximum absolute atomic E-state index is 10.3. The van der Waals surface area contributed by atoms with Gasteiger partial charge < -0.3 is 5.11 Å². The highest BCUT2D eigenvalue weighted by Crippen LogP contribution is 1.99. The Kier molecular flexibility index (Phi) is 4.15. The molecule has 6 nitrogen and oxygen atoms in total. The Hall–Kier alpha value is -0.660. The van der Waals surface area contributed by atoms with Crippen LogP contribution in [0.15, 0.2) is 0 Å². The molecule has 7 heteroatoms. The van der Waals surface area contributed by atoms with Gasteiger partial charge in [0.1, 0.15) is 0 Å². The molecule has 0 bridgehead atoms. The topological polar surface area (TPSA) is 109 Å². The Morgan fingerprint density at radius 3 is 2.50 bits per heavy atom. The highest BCUT2D eigenvalue weighted by atomic mass is 32.2. The highest BCUT2D eigenvalue weighted by molar-refractivity contribution is 7.87. The zero-order chi connectivity index (χ0) is 9.78. The fourth-order valence-electron chi connectivity index (χ4n) is 0.629. The number of rotatable bonds is 5. The van der Waals surface area contributed by atoms with E-state index >= 15 is 0 Å². The van der Waals surface area contributed by atoms with Crippen LogP contribution in [-0.2, 0) is 15.0 Å². The van der Waals surface area contributed by atoms with Gasteiger partial charge in [-0.2, -0.15) is 8.42 Å². The average Bonchev–Trinajstić information content (AvgIpc) is 1.80. The molecule has 0 amide bonds. The zero-order valence-corrected chi connectivity index (χ0v) is 7.47. The second-order valence-electron chi connectivity index (χ2n) is 2.60. The first-order valence-corrected chi connectivity index (χ1v) is 4.85. The molecule has 12 heavy (non-hydrogen) atoms. The average molecular weight is 196 g/mol. The van der Waals surface area contributed by atoms with Crippen molar-refractivity contribution in [2.75, 3.05) is 6.54 Å². The molecule has 0 aliphatic rings. The maximum Gasteiger partial charge on any atom is 0.303 e. The van der Waals surface area contributed by atoms with E-state index in [9.17, 15) is 13.2 Å². The summed E-state index contributed by atoms with van der Waals surface area (Å²) >= 11 is 0. The van der Waals surface area contributed by atoms with Crippen LogP contribution in [0.4, 0.5) is 0 Å². The number of aliphatic carboxylic acids is 1. The molecule has 4 N–H and O–H groups in total. The lowest BCUT2D eigenvalue weighted by atomic mass is 10.1. The van der Waals surface area contributed by atoms with Crippen molar-refractivity contribution in [2.45, 2.75) is 13.3 Å². The van der Waals surface area contributed by atoms with Crippen LogP contribution < -0.4 is 9.86 Å². The number of hydrogen-bond donors (Lipinski definition) is 3. The van der Waals surface area contributed by atoms with Gasteiger partial charge in [-0.15, -0.1) is 0 Å². The summed E-state index contributed by atoms with van der Waals surface area (Å²) in [4.78, 5) is 10.1. The van der Waals surface area contributed by atoms with E-state index in [-0.39, 0.29) is 18.9 Å². The van der Waals surface area contributed by atoms with Crippen molar-refractivity contribution in [3.8, 4) is 0 Å². The summed E-state index contributed by atoms with van der Waals surface area (Å²) in [6.45, 7) is 1.66. The van der Waals surface area contributed by atoms with Crippen LogP contribution in [-0.4, -0.2) is 26.0 Å². The number of carboxylic acid groups (broad SMARTS) is 1. The SMILES string of the molecule is CC(CNS(N)(=O)=O)CC(=O)O. The number of carboxylic acids is 1. The summed E-state index contributed by atoms with van der Waals surface area (Å²) in [6.07, 6.45) is -0.0808. The molecule has 0 saturated heterocycles. The molecule has 0 aliphatic heterocycles. The minimum absolute atomic E-state index is 0.0468. The number of nitrogens with two attached hydrogens (primary N) is 1. The first-order chi connectivity index (χ1) is 5.31. The van der Waals surface area contributed by atoms with Crippen LogP contribution in [0, 0.1) is 5.92 Å². The summed E-state index contributed by atoms with van der Waals surface area (Å²) in [5, 5.41) is 12.9. The van der Waals surface area contributed by atoms with Crippen LogP contribution in [0.5, 0.6) is 0 Å². The van der Waals surface area contributed by atoms with E-state index in [0.29, 0.717) is 0 Å². The molecular formula is C5H12N2O4S. The van der Waals surface area contributed by atoms with Crippen molar-refractivity contribution in [2.24, 2.45) is 11.1 Å². The van der Waals surface area contributed by atoms with Crippen molar-refractivity contribution in [3.05, 3.63) is 0 Å². The summed E-state index contributed by atoms with van der Waals surface area (Å²) in [7, 11) is -3.70. The summed E-state index contributed by atoms with van der Waals surface area (Å²) in [5.41, 5.74) is 0. The van der Waals surface area contributed by atoms with Crippen molar-refractivity contribution in [3.63, 3.8) is 0 Å². The molecule has 0 aromatic carbocycles. The van der Waals surface area contributed by atoms with Gasteiger partial charge in [0.05, 0.1) is 0 Å². The second kappa shape index (κ2) is 4.39. The predicted octanol–water partition coefficient (Wildman–Crippen LogP) is -1.11. The number of carbonyl (C=O) groups is 1. The molecule has 0 heterocycles. The van der Waals surface area contributed by atoms with Gasteiger partial charge in [-0.3, -0.25) is 4.79 Å². The fraction of sp³-hybridized carbons (Fsp3) is 0.800. The Morgan fingerprint density at radius 1 is 1.67 bits per heavy atom. The highest BCUT2D eigenvalue weighted by Gasteiger charge is 2.09. The predicted molar refractivity (Wildman–Crippen MR) is 42.5 cm³/mol. The Labute approximate surface area is 70.9 Å². The van der Waals surface area contributed by atoms with E-state index in [0.717, 1.165) is 0 Å². The molecule has 0 spiro atoms. The van der Waals surface area contributed by atoms with Gasteiger partial charge in [0, 0.05) is 13.0 Å². The van der Waals surface area contributed by atoms with Crippen LogP contribution in [0.25, 0.3) is 0 Å². The van der Waals surface area contributed by atoms with Crippen molar-refractivity contribution < 1.29 is 18.3 Å². The van der Waals surface area contributed by atoms with E-state index in [2.05, 4.69) is 5.14 Å². The zero-order valence-electron chi connectivity index (χ0n) is 6.65. The minimum atomic E-state index is -3.70. The van der Waals surface area contributed by atoms with Crippen LogP contribution in [0.1, 0.15) is 13.3 Å². The largest absolute Gasteiger partial charge is 0.481 e. The molecule has 0 aromatic rings. The Morgan fingerprint density at radius 2 is 2.17 bits per heavy atom. The van der Waals surface area contributed by atoms with Gasteiger partial charge in [-0.1, -0.05) is 6.92 Å². The molecule has 0 rings (SSSR count). The Balaban J connectivity index is 3.72. The smallest absolute Gasteiger partial charge is 0.303 e. The van der Waals surface area contributed by atoms with Gasteiger partial charge >= 0.3 is 5.97 Å². The van der Waals surface area contributed by atoms with Crippen LogP contribution in [0.2, 0.25) is 0 Å². The second-order valence-corrected chi connectivity index (χ2v) is 3.98. The fourth-order valence-corrected chi connectivity index (χ4v) is 1.15. The standard InChI is InChI=1S/C5H12N2O4S/c1-4(2-5(8)9)3-7-12(6,10)11/h4,7H,2-3H2,1H3,(H,8,9)(H2,6,10,11). The van der Waals surface area contributed by atoms with E-state index in [1.807, 2.05) is 4.72 Å². The first kappa shape index (κ1) is 11.3. The normalized spacial score (nSPS) is 14.2. The lowest BCUT2D eigenvalue weighted by Crippen LogP contribution is -2.34. The number of nitrogens with one attached hydrogen (secondary N) is 1. The molecule has 1 atom stereocenters. The van der Waals surface area contributed by atoms with Gasteiger partial charge in [-0.05, 0) is 5.92 Å². The Bertz CT molecular complexity index is 248. The van der Waals surface area contributed by atoms with Crippen molar-refractivity contribution in [1.29, 1.82) is 0 Å². The molecule has 0 aromatic heterocycles. The quantitative estimate of drug-likeness (QED) is 0.518. The molecule has 0 saturated carbocycles. The molecule has 1 unspecified atom stereocenters. The van der Waals surface area contributed by atoms with E-state index < -0.39 is 16.2 Å². The van der Waals surface area contributed by atoms with Crippen LogP contribution in [0.3, 0.4) is 0 Å². The minimum Gasteiger partial charge on any atom is -0.481 e. The summed E-state index contributed by atoms with van der Waals surface area (Å²) in [5.74, 6) is -1.22. The van der Waals surface area contributed by atoms with Crippen molar-refractivity contribution in [1.82, 2.24) is 4.72 Å². The first-order valence-electron chi connectivity index (χ1n) is 3.30. The third-order valence-corrected chi connectivity index (χ3v) is 1.73. The summed E-state index contributed by atoms with van der Waals surface area (Å²) in [6, 6.07) is 0.